The topological polar surface area (TPSA) is 427 Å². The van der Waals surface area contributed by atoms with Crippen LogP contribution in [0.1, 0.15) is 50.3 Å². The van der Waals surface area contributed by atoms with E-state index in [-0.39, 0.29) is 128 Å². The number of likely N-dealkylation sites (tertiary alicyclic amines) is 2. The van der Waals surface area contributed by atoms with Crippen LogP contribution in [0.15, 0.2) is 106 Å². The van der Waals surface area contributed by atoms with E-state index in [0.717, 1.165) is 26.7 Å². The minimum absolute atomic E-state index is 0. The molecule has 14 N–H and O–H groups in total. The number of amides is 5. The van der Waals surface area contributed by atoms with Crippen LogP contribution in [0.5, 0.6) is 0 Å². The number of benzene rings is 3. The van der Waals surface area contributed by atoms with Crippen LogP contribution in [0.3, 0.4) is 0 Å². The number of hydrogen-bond acceptors (Lipinski definition) is 23. The first kappa shape index (κ1) is 70.8. The maximum Gasteiger partial charge on any atom is 1.00 e. The Labute approximate surface area is 512 Å². The third-order valence-electron chi connectivity index (χ3n) is 13.0. The van der Waals surface area contributed by atoms with Crippen LogP contribution >= 0.6 is 0 Å². The van der Waals surface area contributed by atoms with Crippen molar-refractivity contribution in [2.75, 3.05) is 99.9 Å². The van der Waals surface area contributed by atoms with Gasteiger partial charge in [0.25, 0.3) is 17.7 Å². The number of nitrogens with zero attached hydrogens (tertiary/aromatic N) is 5. The van der Waals surface area contributed by atoms with E-state index >= 15 is 0 Å². The summed E-state index contributed by atoms with van der Waals surface area (Å²) in [7, 11) is 3.65. The zero-order chi connectivity index (χ0) is 60.1. The molecule has 3 saturated heterocycles. The standard InChI is InChI=1S/C18H23N5O4.C17H21N5O4.C13H16N2O3.C5H9N3O2.CH4O.Na.H2O/c1-27-17(26)14-9-13(22-16(25)12-5-3-2-4-6-12)11-23(14)15(24)10-21-18-19-7-8-20-18;23-14(9-20-17-18-6-7-19-17)22-10-12(8-13(22)16(25)26)21-15(24)11-4-2-1-3-5-11;1-18-13(17)11-7-10(8-14-11)15-12(16)9-5-3-2-4-6-9;9-4(10)3-8-5-6-1-2-7-5;1-2;;/h2-6,13-14H,7-11H2,1H3,(H,22,25)(H2,19,20,21);1-5,12-13H,6-10H2,(H,21,24)(H,25,26)(H2,18,19,20);2-6,10-11,14H,7-8H2,1H3,(H,15,16);1-3H2,(H,9,10)(H2,6,7,8);2H,1H3;;1H2/q;;;;;+1;/p-1/t13-,14+;12-,13+;10-,11+;;;;/m111..../s1. The quantitative estimate of drug-likeness (QED) is 0.0497. The molecule has 0 unspecified atom stereocenters. The molecule has 30 nitrogen and oxygen atoms in total. The molecule has 5 amide bonds. The fourth-order valence-electron chi connectivity index (χ4n) is 9.00. The van der Waals surface area contributed by atoms with E-state index in [1.807, 2.05) is 30.3 Å². The van der Waals surface area contributed by atoms with Crippen molar-refractivity contribution in [3.05, 3.63) is 108 Å². The Kier molecular flexibility index (Phi) is 31.4. The Balaban J connectivity index is 0.000000305. The van der Waals surface area contributed by atoms with E-state index in [1.54, 1.807) is 60.7 Å². The normalized spacial score (nSPS) is 20.1. The number of esters is 2. The molecule has 0 radical (unpaired) electrons. The molecule has 6 heterocycles. The molecule has 0 bridgehead atoms. The second-order valence-electron chi connectivity index (χ2n) is 18.7. The summed E-state index contributed by atoms with van der Waals surface area (Å²) in [5, 5.41) is 53.6. The number of carbonyl (C=O) groups excluding carboxylic acids is 7. The number of carboxylic acids is 2. The third kappa shape index (κ3) is 23.3. The van der Waals surface area contributed by atoms with Crippen LogP contribution in [-0.4, -0.2) is 238 Å². The average molecular weight is 1200 g/mol. The van der Waals surface area contributed by atoms with Gasteiger partial charge >= 0.3 is 53.4 Å². The predicted molar refractivity (Wildman–Crippen MR) is 304 cm³/mol. The predicted octanol–water partition coefficient (Wildman–Crippen LogP) is -6.50. The first-order valence-corrected chi connectivity index (χ1v) is 26.6. The van der Waals surface area contributed by atoms with Gasteiger partial charge in [-0.05, 0) is 42.8 Å². The van der Waals surface area contributed by atoms with Crippen LogP contribution < -0.4 is 82.7 Å². The van der Waals surface area contributed by atoms with E-state index in [4.69, 9.17) is 14.9 Å². The van der Waals surface area contributed by atoms with Crippen LogP contribution in [0.25, 0.3) is 0 Å². The summed E-state index contributed by atoms with van der Waals surface area (Å²) >= 11 is 0. The third-order valence-corrected chi connectivity index (χ3v) is 13.0. The SMILES string of the molecule is CO.COC(=O)[C@@H]1C[C@@H](NC(=O)c2ccccc2)CN1.COC(=O)[C@@H]1C[C@@H](NC(=O)c2ccccc2)CN1C(=O)CNC1=NCCN1.O=C(N[C@@H]1C[C@@H](C(=O)O)N(C(=O)CNC2=NCCN2)C1)c1ccccc1.O=C(O)CNC1=NCCN1.[Na+].[OH-]. The molecular weight excluding hydrogens is 1120 g/mol. The van der Waals surface area contributed by atoms with Gasteiger partial charge in [-0.1, -0.05) is 54.6 Å². The Bertz CT molecular complexity index is 2770. The van der Waals surface area contributed by atoms with Gasteiger partial charge in [-0.3, -0.25) is 48.5 Å². The van der Waals surface area contributed by atoms with Crippen molar-refractivity contribution >= 4 is 71.3 Å². The van der Waals surface area contributed by atoms with Crippen molar-refractivity contribution in [2.45, 2.75) is 55.5 Å². The Morgan fingerprint density at radius 3 is 1.25 bits per heavy atom. The molecule has 3 fully saturated rings. The number of carboxylic acid groups (broad SMARTS) is 2. The van der Waals surface area contributed by atoms with Crippen molar-refractivity contribution in [1.29, 1.82) is 0 Å². The number of aliphatic imine (C=N–C) groups is 3. The Morgan fingerprint density at radius 1 is 0.529 bits per heavy atom. The van der Waals surface area contributed by atoms with Gasteiger partial charge in [0.15, 0.2) is 17.9 Å². The van der Waals surface area contributed by atoms with Crippen molar-refractivity contribution in [1.82, 2.24) is 63.0 Å². The number of aliphatic hydroxyl groups is 1. The molecule has 31 heteroatoms. The van der Waals surface area contributed by atoms with Gasteiger partial charge < -0.3 is 93.2 Å². The van der Waals surface area contributed by atoms with Gasteiger partial charge in [-0.2, -0.15) is 0 Å². The number of ether oxygens (including phenoxy) is 2. The van der Waals surface area contributed by atoms with Gasteiger partial charge in [0.05, 0.1) is 46.9 Å². The molecule has 0 saturated carbocycles. The number of hydrogen-bond donors (Lipinski definition) is 13. The summed E-state index contributed by atoms with van der Waals surface area (Å²) in [6, 6.07) is 23.7. The summed E-state index contributed by atoms with van der Waals surface area (Å²) in [5.41, 5.74) is 1.65. The molecule has 0 spiro atoms. The number of aliphatic carboxylic acids is 2. The number of guanidine groups is 3. The molecule has 456 valence electrons. The molecule has 3 aromatic rings. The van der Waals surface area contributed by atoms with Crippen LogP contribution in [0.4, 0.5) is 0 Å². The van der Waals surface area contributed by atoms with Crippen molar-refractivity contribution < 1.29 is 103 Å². The number of carbonyl (C=O) groups is 9. The van der Waals surface area contributed by atoms with Gasteiger partial charge in [-0.15, -0.1) is 0 Å². The first-order valence-electron chi connectivity index (χ1n) is 26.6. The Hall–Kier alpha value is -8.42. The summed E-state index contributed by atoms with van der Waals surface area (Å²) in [6.45, 7) is 5.16. The maximum absolute atomic E-state index is 12.6. The molecule has 6 aliphatic heterocycles. The molecule has 3 aromatic carbocycles. The molecule has 6 atom stereocenters. The number of nitrogens with one attached hydrogen (secondary N) is 10. The number of rotatable bonds is 15. The van der Waals surface area contributed by atoms with Crippen molar-refractivity contribution in [2.24, 2.45) is 15.0 Å². The second-order valence-corrected chi connectivity index (χ2v) is 18.7. The van der Waals surface area contributed by atoms with E-state index < -0.39 is 36.0 Å². The van der Waals surface area contributed by atoms with E-state index in [9.17, 15) is 48.3 Å². The minimum atomic E-state index is -1.08. The molecular formula is C54H74N15NaO15. The summed E-state index contributed by atoms with van der Waals surface area (Å²) in [4.78, 5) is 121. The smallest absolute Gasteiger partial charge is 0.870 e. The van der Waals surface area contributed by atoms with Crippen molar-refractivity contribution in [3.63, 3.8) is 0 Å². The fourth-order valence-corrected chi connectivity index (χ4v) is 9.00. The van der Waals surface area contributed by atoms with Crippen LogP contribution in [0, 0.1) is 0 Å². The van der Waals surface area contributed by atoms with Gasteiger partial charge in [0.2, 0.25) is 11.8 Å². The van der Waals surface area contributed by atoms with Gasteiger partial charge in [0, 0.05) is 94.0 Å². The molecule has 0 aromatic heterocycles. The maximum atomic E-state index is 12.6. The molecule has 85 heavy (non-hydrogen) atoms. The number of methoxy groups -OCH3 is 2. The van der Waals surface area contributed by atoms with Crippen LogP contribution in [-0.2, 0) is 38.2 Å². The zero-order valence-corrected chi connectivity index (χ0v) is 49.7. The average Bonchev–Trinajstić information content (AvgIpc) is 4.56. The summed E-state index contributed by atoms with van der Waals surface area (Å²) < 4.78 is 9.49. The first-order chi connectivity index (χ1) is 40.1. The van der Waals surface area contributed by atoms with Gasteiger partial charge in [-0.25, -0.2) is 9.59 Å². The monoisotopic (exact) mass is 1200 g/mol. The fraction of sp³-hybridized carbons (Fsp3) is 0.444. The second kappa shape index (κ2) is 37.7. The van der Waals surface area contributed by atoms with Crippen LogP contribution in [0.2, 0.25) is 0 Å². The Morgan fingerprint density at radius 2 is 0.894 bits per heavy atom. The van der Waals surface area contributed by atoms with E-state index in [0.29, 0.717) is 73.6 Å². The molecule has 9 rings (SSSR count). The molecule has 0 aliphatic carbocycles. The zero-order valence-electron chi connectivity index (χ0n) is 47.7. The van der Waals surface area contributed by atoms with Crippen molar-refractivity contribution in [3.8, 4) is 0 Å². The largest absolute Gasteiger partial charge is 1.00 e. The summed E-state index contributed by atoms with van der Waals surface area (Å²) in [5.74, 6) is -2.26. The minimum Gasteiger partial charge on any atom is -0.870 e. The van der Waals surface area contributed by atoms with E-state index in [1.165, 1.54) is 24.0 Å². The van der Waals surface area contributed by atoms with Gasteiger partial charge in [0.1, 0.15) is 24.7 Å². The molecule has 6 aliphatic rings. The van der Waals surface area contributed by atoms with E-state index in [2.05, 4.69) is 72.9 Å². The number of aliphatic hydroxyl groups excluding tert-OH is 1. The summed E-state index contributed by atoms with van der Waals surface area (Å²) in [6.07, 6.45) is 1.06.